The van der Waals surface area contributed by atoms with E-state index in [2.05, 4.69) is 20.7 Å². The lowest BCUT2D eigenvalue weighted by molar-refractivity contribution is 0.249. The molecule has 0 aromatic carbocycles. The first-order valence-corrected chi connectivity index (χ1v) is 7.14. The van der Waals surface area contributed by atoms with Crippen LogP contribution in [0, 0.1) is 19.7 Å². The van der Waals surface area contributed by atoms with Crippen LogP contribution in [0.5, 0.6) is 0 Å². The number of pyridine rings is 1. The second-order valence-corrected chi connectivity index (χ2v) is 5.11. The van der Waals surface area contributed by atoms with E-state index in [9.17, 15) is 9.18 Å². The van der Waals surface area contributed by atoms with Crippen molar-refractivity contribution in [2.45, 2.75) is 40.3 Å². The van der Waals surface area contributed by atoms with Gasteiger partial charge in [0.25, 0.3) is 0 Å². The van der Waals surface area contributed by atoms with Gasteiger partial charge < -0.3 is 10.6 Å². The number of halogens is 1. The molecule has 118 valence electrons. The Hall–Kier alpha value is -2.44. The van der Waals surface area contributed by atoms with E-state index in [-0.39, 0.29) is 6.04 Å². The molecule has 0 aliphatic heterocycles. The Morgan fingerprint density at radius 3 is 2.73 bits per heavy atom. The molecule has 0 aliphatic carbocycles. The average molecular weight is 305 g/mol. The number of amides is 2. The summed E-state index contributed by atoms with van der Waals surface area (Å²) in [5.41, 5.74) is 3.22. The minimum absolute atomic E-state index is 0.207. The predicted molar refractivity (Wildman–Crippen MR) is 82.1 cm³/mol. The molecular formula is C15H20FN5O. The van der Waals surface area contributed by atoms with E-state index in [1.54, 1.807) is 0 Å². The van der Waals surface area contributed by atoms with Gasteiger partial charge in [0, 0.05) is 23.9 Å². The van der Waals surface area contributed by atoms with Crippen molar-refractivity contribution >= 4 is 11.7 Å². The monoisotopic (exact) mass is 305 g/mol. The quantitative estimate of drug-likeness (QED) is 0.912. The zero-order chi connectivity index (χ0) is 16.3. The zero-order valence-corrected chi connectivity index (χ0v) is 13.1. The number of hydrogen-bond acceptors (Lipinski definition) is 3. The Morgan fingerprint density at radius 1 is 1.41 bits per heavy atom. The molecule has 6 nitrogen and oxygen atoms in total. The topological polar surface area (TPSA) is 71.8 Å². The van der Waals surface area contributed by atoms with Crippen LogP contribution in [-0.4, -0.2) is 20.8 Å². The summed E-state index contributed by atoms with van der Waals surface area (Å²) in [6, 6.07) is 0.591. The van der Waals surface area contributed by atoms with Gasteiger partial charge in [-0.25, -0.2) is 9.18 Å². The van der Waals surface area contributed by atoms with Crippen molar-refractivity contribution in [1.82, 2.24) is 20.1 Å². The third-order valence-electron chi connectivity index (χ3n) is 3.48. The highest BCUT2D eigenvalue weighted by atomic mass is 19.1. The summed E-state index contributed by atoms with van der Waals surface area (Å²) in [6.07, 6.45) is 2.47. The van der Waals surface area contributed by atoms with Crippen LogP contribution in [0.2, 0.25) is 0 Å². The van der Waals surface area contributed by atoms with Gasteiger partial charge in [0.2, 0.25) is 0 Å². The van der Waals surface area contributed by atoms with Crippen LogP contribution in [-0.2, 0) is 6.54 Å². The highest BCUT2D eigenvalue weighted by molar-refractivity contribution is 5.89. The molecule has 2 aromatic heterocycles. The molecule has 2 amide bonds. The number of rotatable bonds is 4. The van der Waals surface area contributed by atoms with Crippen molar-refractivity contribution in [2.24, 2.45) is 0 Å². The standard InChI is InChI=1S/C15H20FN5O/c1-5-21-11(4)14(10(3)20-21)9(2)18-15(22)19-13-6-12(16)7-17-8-13/h6-9H,5H2,1-4H3,(H2,18,19,22)/t9-/m0/s1. The second-order valence-electron chi connectivity index (χ2n) is 5.11. The molecule has 0 radical (unpaired) electrons. The molecule has 7 heteroatoms. The Bertz CT molecular complexity index is 683. The molecule has 0 saturated carbocycles. The van der Waals surface area contributed by atoms with Gasteiger partial charge in [0.05, 0.1) is 29.8 Å². The van der Waals surface area contributed by atoms with Crippen LogP contribution in [0.3, 0.4) is 0 Å². The van der Waals surface area contributed by atoms with E-state index in [1.165, 1.54) is 12.3 Å². The number of nitrogens with one attached hydrogen (secondary N) is 2. The van der Waals surface area contributed by atoms with E-state index >= 15 is 0 Å². The first-order chi connectivity index (χ1) is 10.4. The van der Waals surface area contributed by atoms with Gasteiger partial charge in [-0.3, -0.25) is 9.67 Å². The molecule has 0 fully saturated rings. The van der Waals surface area contributed by atoms with E-state index in [4.69, 9.17) is 0 Å². The Balaban J connectivity index is 2.07. The van der Waals surface area contributed by atoms with Crippen LogP contribution >= 0.6 is 0 Å². The average Bonchev–Trinajstić information content (AvgIpc) is 2.73. The fourth-order valence-electron chi connectivity index (χ4n) is 2.56. The molecule has 0 spiro atoms. The molecule has 0 unspecified atom stereocenters. The summed E-state index contributed by atoms with van der Waals surface area (Å²) >= 11 is 0. The largest absolute Gasteiger partial charge is 0.331 e. The summed E-state index contributed by atoms with van der Waals surface area (Å²) in [6.45, 7) is 8.58. The smallest absolute Gasteiger partial charge is 0.319 e. The maximum atomic E-state index is 13.0. The van der Waals surface area contributed by atoms with Crippen molar-refractivity contribution in [1.29, 1.82) is 0 Å². The molecule has 0 bridgehead atoms. The number of hydrogen-bond donors (Lipinski definition) is 2. The fraction of sp³-hybridized carbons (Fsp3) is 0.400. The first kappa shape index (κ1) is 15.9. The maximum Gasteiger partial charge on any atom is 0.319 e. The minimum atomic E-state index is -0.498. The summed E-state index contributed by atoms with van der Waals surface area (Å²) in [5, 5.41) is 9.83. The van der Waals surface area contributed by atoms with Crippen molar-refractivity contribution in [2.75, 3.05) is 5.32 Å². The minimum Gasteiger partial charge on any atom is -0.331 e. The van der Waals surface area contributed by atoms with Gasteiger partial charge in [-0.1, -0.05) is 0 Å². The van der Waals surface area contributed by atoms with Crippen LogP contribution in [0.15, 0.2) is 18.5 Å². The number of carbonyl (C=O) groups is 1. The van der Waals surface area contributed by atoms with Crippen molar-refractivity contribution in [3.63, 3.8) is 0 Å². The van der Waals surface area contributed by atoms with Gasteiger partial charge >= 0.3 is 6.03 Å². The fourth-order valence-corrected chi connectivity index (χ4v) is 2.56. The second kappa shape index (κ2) is 6.55. The lowest BCUT2D eigenvalue weighted by Gasteiger charge is -2.15. The van der Waals surface area contributed by atoms with E-state index in [0.717, 1.165) is 29.7 Å². The predicted octanol–water partition coefficient (Wildman–Crippen LogP) is 2.94. The van der Waals surface area contributed by atoms with Gasteiger partial charge in [-0.15, -0.1) is 0 Å². The SMILES string of the molecule is CCn1nc(C)c([C@H](C)NC(=O)Nc2cncc(F)c2)c1C. The highest BCUT2D eigenvalue weighted by Gasteiger charge is 2.18. The first-order valence-electron chi connectivity index (χ1n) is 7.14. The molecule has 1 atom stereocenters. The third kappa shape index (κ3) is 3.41. The number of anilines is 1. The molecule has 22 heavy (non-hydrogen) atoms. The lowest BCUT2D eigenvalue weighted by Crippen LogP contribution is -2.31. The molecule has 0 aliphatic rings. The molecule has 2 aromatic rings. The van der Waals surface area contributed by atoms with Gasteiger partial charge in [-0.2, -0.15) is 5.10 Å². The molecular weight excluding hydrogens is 285 g/mol. The molecule has 2 heterocycles. The van der Waals surface area contributed by atoms with E-state index < -0.39 is 11.8 Å². The lowest BCUT2D eigenvalue weighted by atomic mass is 10.1. The van der Waals surface area contributed by atoms with E-state index in [0.29, 0.717) is 5.69 Å². The van der Waals surface area contributed by atoms with Crippen LogP contribution in [0.25, 0.3) is 0 Å². The normalized spacial score (nSPS) is 12.0. The maximum absolute atomic E-state index is 13.0. The number of aromatic nitrogens is 3. The summed E-state index contributed by atoms with van der Waals surface area (Å²) in [5.74, 6) is -0.498. The van der Waals surface area contributed by atoms with Gasteiger partial charge in [0.1, 0.15) is 5.82 Å². The Labute approximate surface area is 128 Å². The Morgan fingerprint density at radius 2 is 2.14 bits per heavy atom. The summed E-state index contributed by atoms with van der Waals surface area (Å²) in [7, 11) is 0. The Kier molecular flexibility index (Phi) is 4.75. The van der Waals surface area contributed by atoms with Gasteiger partial charge in [0.15, 0.2) is 0 Å². The number of urea groups is 1. The van der Waals surface area contributed by atoms with Crippen molar-refractivity contribution < 1.29 is 9.18 Å². The number of nitrogens with zero attached hydrogens (tertiary/aromatic N) is 3. The van der Waals surface area contributed by atoms with Crippen molar-refractivity contribution in [3.8, 4) is 0 Å². The van der Waals surface area contributed by atoms with Crippen LogP contribution in [0.1, 0.15) is 36.8 Å². The van der Waals surface area contributed by atoms with Crippen molar-refractivity contribution in [3.05, 3.63) is 41.2 Å². The number of aryl methyl sites for hydroxylation is 2. The summed E-state index contributed by atoms with van der Waals surface area (Å²) in [4.78, 5) is 15.7. The molecule has 0 saturated heterocycles. The van der Waals surface area contributed by atoms with Crippen LogP contribution in [0.4, 0.5) is 14.9 Å². The highest BCUT2D eigenvalue weighted by Crippen LogP contribution is 2.21. The zero-order valence-electron chi connectivity index (χ0n) is 13.1. The van der Waals surface area contributed by atoms with Crippen LogP contribution < -0.4 is 10.6 Å². The van der Waals surface area contributed by atoms with Gasteiger partial charge in [-0.05, 0) is 27.7 Å². The third-order valence-corrected chi connectivity index (χ3v) is 3.48. The molecule has 2 N–H and O–H groups in total. The summed E-state index contributed by atoms with van der Waals surface area (Å²) < 4.78 is 14.9. The number of carbonyl (C=O) groups excluding carboxylic acids is 1. The van der Waals surface area contributed by atoms with E-state index in [1.807, 2.05) is 32.4 Å². The molecule has 2 rings (SSSR count).